The molecule has 0 fully saturated rings. The van der Waals surface area contributed by atoms with Crippen LogP contribution in [0.25, 0.3) is 22.1 Å². The van der Waals surface area contributed by atoms with Crippen LogP contribution in [-0.2, 0) is 31.8 Å². The minimum Gasteiger partial charge on any atom is -0.443 e. The highest BCUT2D eigenvalue weighted by Gasteiger charge is 2.24. The number of carbonyl (C=O) groups is 1. The van der Waals surface area contributed by atoms with Crippen molar-refractivity contribution in [3.63, 3.8) is 0 Å². The van der Waals surface area contributed by atoms with Gasteiger partial charge in [-0.15, -0.1) is 0 Å². The molecule has 1 N–H and O–H groups in total. The van der Waals surface area contributed by atoms with Crippen LogP contribution in [-0.4, -0.2) is 46.7 Å². The van der Waals surface area contributed by atoms with E-state index in [1.165, 1.54) is 16.2 Å². The number of ether oxygens (including phenoxy) is 1. The third-order valence-corrected chi connectivity index (χ3v) is 5.76. The first-order valence-corrected chi connectivity index (χ1v) is 11.1. The lowest BCUT2D eigenvalue weighted by Gasteiger charge is -2.21. The Balaban J connectivity index is 1.94. The molecule has 11 heteroatoms. The predicted octanol–water partition coefficient (Wildman–Crippen LogP) is 2.41. The summed E-state index contributed by atoms with van der Waals surface area (Å²) in [6.45, 7) is 4.96. The number of imidazole rings is 1. The van der Waals surface area contributed by atoms with E-state index in [-0.39, 0.29) is 30.7 Å². The number of hydrogen-bond donors (Lipinski definition) is 1. The molecule has 10 nitrogen and oxygen atoms in total. The fourth-order valence-corrected chi connectivity index (χ4v) is 4.18. The van der Waals surface area contributed by atoms with Gasteiger partial charge < -0.3 is 14.4 Å². The fraction of sp³-hybridized carbons (Fsp3) is 0.391. The Morgan fingerprint density at radius 3 is 2.50 bits per heavy atom. The van der Waals surface area contributed by atoms with Gasteiger partial charge in [0.2, 0.25) is 0 Å². The molecule has 0 radical (unpaired) electrons. The predicted molar refractivity (Wildman–Crippen MR) is 129 cm³/mol. The molecule has 0 aliphatic carbocycles. The summed E-state index contributed by atoms with van der Waals surface area (Å²) < 4.78 is 10.9. The van der Waals surface area contributed by atoms with E-state index in [1.807, 2.05) is 0 Å². The number of aliphatic hydroxyl groups is 1. The Bertz CT molecular complexity index is 1550. The van der Waals surface area contributed by atoms with Crippen molar-refractivity contribution in [2.75, 3.05) is 6.61 Å². The quantitative estimate of drug-likeness (QED) is 0.473. The van der Waals surface area contributed by atoms with Crippen LogP contribution in [0.1, 0.15) is 32.3 Å². The van der Waals surface area contributed by atoms with Crippen molar-refractivity contribution >= 4 is 39.8 Å². The Morgan fingerprint density at radius 2 is 1.85 bits per heavy atom. The molecule has 0 spiro atoms. The van der Waals surface area contributed by atoms with Crippen molar-refractivity contribution in [3.8, 4) is 0 Å². The largest absolute Gasteiger partial charge is 0.443 e. The first kappa shape index (κ1) is 23.8. The molecule has 180 valence electrons. The van der Waals surface area contributed by atoms with Gasteiger partial charge in [0, 0.05) is 30.9 Å². The van der Waals surface area contributed by atoms with E-state index in [1.54, 1.807) is 56.7 Å². The second-order valence-electron chi connectivity index (χ2n) is 9.12. The van der Waals surface area contributed by atoms with Gasteiger partial charge in [0.15, 0.2) is 11.2 Å². The van der Waals surface area contributed by atoms with Gasteiger partial charge in [-0.05, 0) is 45.0 Å². The van der Waals surface area contributed by atoms with Crippen molar-refractivity contribution in [1.82, 2.24) is 23.3 Å². The molecule has 0 unspecified atom stereocenters. The molecular formula is C23H26ClN5O5. The van der Waals surface area contributed by atoms with Gasteiger partial charge in [0.05, 0.1) is 24.4 Å². The highest BCUT2D eigenvalue weighted by molar-refractivity contribution is 6.31. The van der Waals surface area contributed by atoms with Crippen molar-refractivity contribution in [3.05, 3.63) is 61.6 Å². The van der Waals surface area contributed by atoms with Crippen LogP contribution in [0.15, 0.2) is 33.9 Å². The summed E-state index contributed by atoms with van der Waals surface area (Å²) >= 11 is 6.15. The maximum Gasteiger partial charge on any atom is 0.419 e. The summed E-state index contributed by atoms with van der Waals surface area (Å²) in [5.74, 6) is 0.486. The van der Waals surface area contributed by atoms with Gasteiger partial charge in [0.25, 0.3) is 5.56 Å². The first-order chi connectivity index (χ1) is 15.9. The van der Waals surface area contributed by atoms with Gasteiger partial charge in [-0.1, -0.05) is 11.6 Å². The zero-order chi connectivity index (χ0) is 24.9. The summed E-state index contributed by atoms with van der Waals surface area (Å²) in [4.78, 5) is 44.0. The van der Waals surface area contributed by atoms with E-state index in [9.17, 15) is 19.5 Å². The first-order valence-electron chi connectivity index (χ1n) is 10.7. The maximum atomic E-state index is 13.4. The molecule has 3 aromatic heterocycles. The number of rotatable bonds is 4. The SMILES string of the molecule is Cn1c(CCO)nc2c1c(=O)n(Cc1cc3cc(Cl)ccc3n1C(=O)OC(C)(C)C)c(=O)n2C. The fourth-order valence-electron chi connectivity index (χ4n) is 4.00. The van der Waals surface area contributed by atoms with Crippen LogP contribution < -0.4 is 11.2 Å². The lowest BCUT2D eigenvalue weighted by atomic mass is 10.2. The summed E-state index contributed by atoms with van der Waals surface area (Å²) in [7, 11) is 3.19. The molecule has 4 rings (SSSR count). The Morgan fingerprint density at radius 1 is 1.15 bits per heavy atom. The molecule has 0 atom stereocenters. The number of nitrogens with zero attached hydrogens (tertiary/aromatic N) is 5. The molecule has 4 aromatic rings. The average molecular weight is 488 g/mol. The minimum absolute atomic E-state index is 0.141. The lowest BCUT2D eigenvalue weighted by Crippen LogP contribution is -2.40. The van der Waals surface area contributed by atoms with Crippen molar-refractivity contribution in [1.29, 1.82) is 0 Å². The van der Waals surface area contributed by atoms with Gasteiger partial charge in [-0.2, -0.15) is 0 Å². The monoisotopic (exact) mass is 487 g/mol. The van der Waals surface area contributed by atoms with E-state index in [2.05, 4.69) is 4.98 Å². The topological polar surface area (TPSA) is 113 Å². The normalized spacial score (nSPS) is 12.1. The highest BCUT2D eigenvalue weighted by Crippen LogP contribution is 2.25. The molecule has 0 bridgehead atoms. The van der Waals surface area contributed by atoms with Gasteiger partial charge >= 0.3 is 11.8 Å². The Kier molecular flexibility index (Phi) is 5.91. The maximum absolute atomic E-state index is 13.4. The number of hydrogen-bond acceptors (Lipinski definition) is 6. The van der Waals surface area contributed by atoms with Gasteiger partial charge in [-0.3, -0.25) is 13.9 Å². The van der Waals surface area contributed by atoms with E-state index in [0.717, 1.165) is 4.57 Å². The van der Waals surface area contributed by atoms with Crippen LogP contribution >= 0.6 is 11.6 Å². The van der Waals surface area contributed by atoms with E-state index in [0.29, 0.717) is 27.4 Å². The zero-order valence-electron chi connectivity index (χ0n) is 19.6. The second kappa shape index (κ2) is 8.44. The average Bonchev–Trinajstić information content (AvgIpc) is 3.26. The smallest absolute Gasteiger partial charge is 0.419 e. The Hall–Kier alpha value is -3.37. The highest BCUT2D eigenvalue weighted by atomic mass is 35.5. The molecular weight excluding hydrogens is 462 g/mol. The van der Waals surface area contributed by atoms with E-state index in [4.69, 9.17) is 16.3 Å². The molecule has 34 heavy (non-hydrogen) atoms. The summed E-state index contributed by atoms with van der Waals surface area (Å²) in [5, 5.41) is 10.5. The minimum atomic E-state index is -0.749. The third-order valence-electron chi connectivity index (χ3n) is 5.52. The number of halogens is 1. The number of aryl methyl sites for hydroxylation is 2. The van der Waals surface area contributed by atoms with E-state index >= 15 is 0 Å². The van der Waals surface area contributed by atoms with Crippen molar-refractivity contribution in [2.24, 2.45) is 14.1 Å². The Labute approximate surface area is 199 Å². The van der Waals surface area contributed by atoms with Crippen LogP contribution in [0, 0.1) is 0 Å². The molecule has 1 aromatic carbocycles. The molecule has 0 saturated carbocycles. The van der Waals surface area contributed by atoms with Crippen molar-refractivity contribution in [2.45, 2.75) is 39.3 Å². The van der Waals surface area contributed by atoms with Crippen LogP contribution in [0.4, 0.5) is 4.79 Å². The molecule has 0 saturated heterocycles. The number of benzene rings is 1. The molecule has 0 aliphatic heterocycles. The summed E-state index contributed by atoms with van der Waals surface area (Å²) in [5.41, 5.74) is -0.471. The van der Waals surface area contributed by atoms with Gasteiger partial charge in [-0.25, -0.2) is 19.1 Å². The molecule has 0 aliphatic rings. The number of carbonyl (C=O) groups excluding carboxylic acids is 1. The van der Waals surface area contributed by atoms with Crippen LogP contribution in [0.3, 0.4) is 0 Å². The second-order valence-corrected chi connectivity index (χ2v) is 9.56. The summed E-state index contributed by atoms with van der Waals surface area (Å²) in [6, 6.07) is 6.76. The standard InChI is InChI=1S/C23H26ClN5O5/c1-23(2,3)34-22(33)29-15(11-13-10-14(24)6-7-16(13)29)12-28-20(31)18-19(27(5)21(28)32)25-17(8-9-30)26(18)4/h6-7,10-11,30H,8-9,12H2,1-5H3. The third kappa shape index (κ3) is 4.03. The lowest BCUT2D eigenvalue weighted by molar-refractivity contribution is 0.0540. The molecule has 3 heterocycles. The van der Waals surface area contributed by atoms with Crippen LogP contribution in [0.2, 0.25) is 5.02 Å². The number of aliphatic hydroxyl groups excluding tert-OH is 1. The summed E-state index contributed by atoms with van der Waals surface area (Å²) in [6.07, 6.45) is -0.386. The van der Waals surface area contributed by atoms with Crippen molar-refractivity contribution < 1.29 is 14.6 Å². The number of fused-ring (bicyclic) bond motifs is 2. The van der Waals surface area contributed by atoms with Crippen LogP contribution in [0.5, 0.6) is 0 Å². The zero-order valence-corrected chi connectivity index (χ0v) is 20.4. The molecule has 0 amide bonds. The van der Waals surface area contributed by atoms with Gasteiger partial charge in [0.1, 0.15) is 11.4 Å². The van der Waals surface area contributed by atoms with E-state index < -0.39 is 22.9 Å². The number of aromatic nitrogens is 5.